The minimum absolute atomic E-state index is 0. The summed E-state index contributed by atoms with van der Waals surface area (Å²) in [5.41, 5.74) is 8.12. The number of carboxylic acid groups (broad SMARTS) is 1. The van der Waals surface area contributed by atoms with Gasteiger partial charge in [-0.2, -0.15) is 0 Å². The molecule has 0 amide bonds. The van der Waals surface area contributed by atoms with Crippen LogP contribution in [0.25, 0.3) is 0 Å². The number of hydrogen-bond acceptors (Lipinski definition) is 3. The van der Waals surface area contributed by atoms with Gasteiger partial charge in [0.15, 0.2) is 0 Å². The molecular weight excluding hydrogens is 332 g/mol. The van der Waals surface area contributed by atoms with Gasteiger partial charge >= 0.3 is 5.97 Å². The van der Waals surface area contributed by atoms with Crippen molar-refractivity contribution in [1.29, 1.82) is 0 Å². The zero-order valence-electron chi connectivity index (χ0n) is 10.7. The van der Waals surface area contributed by atoms with Crippen LogP contribution < -0.4 is 10.6 Å². The second kappa shape index (κ2) is 6.59. The number of benzene rings is 1. The Morgan fingerprint density at radius 2 is 2.00 bits per heavy atom. The predicted molar refractivity (Wildman–Crippen MR) is 82.5 cm³/mol. The van der Waals surface area contributed by atoms with Crippen molar-refractivity contribution in [1.82, 2.24) is 0 Å². The van der Waals surface area contributed by atoms with Gasteiger partial charge in [0.1, 0.15) is 0 Å². The van der Waals surface area contributed by atoms with Crippen LogP contribution >= 0.6 is 28.3 Å². The number of carbonyl (C=O) groups is 1. The molecule has 0 unspecified atom stereocenters. The van der Waals surface area contributed by atoms with E-state index in [1.165, 1.54) is 0 Å². The van der Waals surface area contributed by atoms with Gasteiger partial charge in [-0.15, -0.1) is 12.4 Å². The first-order chi connectivity index (χ1) is 8.49. The molecule has 0 bridgehead atoms. The highest BCUT2D eigenvalue weighted by molar-refractivity contribution is 9.10. The van der Waals surface area contributed by atoms with Crippen LogP contribution in [0.3, 0.4) is 0 Å². The molecule has 1 aromatic carbocycles. The normalized spacial score (nSPS) is 16.1. The van der Waals surface area contributed by atoms with E-state index in [1.54, 1.807) is 6.07 Å². The lowest BCUT2D eigenvalue weighted by Gasteiger charge is -2.33. The fourth-order valence-corrected chi connectivity index (χ4v) is 2.93. The maximum absolute atomic E-state index is 11.2. The average Bonchev–Trinajstić information content (AvgIpc) is 2.32. The SMILES string of the molecule is Cc1cc(C(=O)O)c(Br)c(N2CCC(N)CC2)c1.Cl. The molecule has 1 saturated heterocycles. The molecule has 0 atom stereocenters. The lowest BCUT2D eigenvalue weighted by atomic mass is 10.0. The highest BCUT2D eigenvalue weighted by Crippen LogP contribution is 2.32. The van der Waals surface area contributed by atoms with Crippen LogP contribution in [-0.2, 0) is 0 Å². The molecule has 1 fully saturated rings. The van der Waals surface area contributed by atoms with Gasteiger partial charge in [0, 0.05) is 19.1 Å². The first kappa shape index (κ1) is 16.3. The quantitative estimate of drug-likeness (QED) is 0.861. The Kier molecular flexibility index (Phi) is 5.64. The number of nitrogens with two attached hydrogens (primary N) is 1. The van der Waals surface area contributed by atoms with Gasteiger partial charge in [0.25, 0.3) is 0 Å². The van der Waals surface area contributed by atoms with E-state index in [9.17, 15) is 9.90 Å². The average molecular weight is 350 g/mol. The fourth-order valence-electron chi connectivity index (χ4n) is 2.28. The standard InChI is InChI=1S/C13H17BrN2O2.ClH/c1-8-6-10(13(17)18)12(14)11(7-8)16-4-2-9(15)3-5-16;/h6-7,9H,2-5,15H2,1H3,(H,17,18);1H. The Labute approximate surface area is 127 Å². The Bertz CT molecular complexity index is 474. The number of hydrogen-bond donors (Lipinski definition) is 2. The molecule has 1 heterocycles. The Hall–Kier alpha value is -0.780. The summed E-state index contributed by atoms with van der Waals surface area (Å²) in [7, 11) is 0. The van der Waals surface area contributed by atoms with Crippen LogP contribution in [0, 0.1) is 6.92 Å². The second-order valence-electron chi connectivity index (χ2n) is 4.78. The van der Waals surface area contributed by atoms with Crippen molar-refractivity contribution in [2.45, 2.75) is 25.8 Å². The maximum atomic E-state index is 11.2. The number of rotatable bonds is 2. The minimum atomic E-state index is -0.902. The zero-order valence-corrected chi connectivity index (χ0v) is 13.1. The van der Waals surface area contributed by atoms with Crippen LogP contribution in [0.1, 0.15) is 28.8 Å². The summed E-state index contributed by atoms with van der Waals surface area (Å²) in [5, 5.41) is 9.19. The molecule has 0 aliphatic carbocycles. The van der Waals surface area contributed by atoms with Crippen LogP contribution in [0.2, 0.25) is 0 Å². The predicted octanol–water partition coefficient (Wildman–Crippen LogP) is 2.81. The van der Waals surface area contributed by atoms with E-state index in [0.717, 1.165) is 37.2 Å². The smallest absolute Gasteiger partial charge is 0.336 e. The minimum Gasteiger partial charge on any atom is -0.478 e. The van der Waals surface area contributed by atoms with Crippen LogP contribution in [0.5, 0.6) is 0 Å². The van der Waals surface area contributed by atoms with E-state index in [0.29, 0.717) is 10.0 Å². The fraction of sp³-hybridized carbons (Fsp3) is 0.462. The number of anilines is 1. The first-order valence-electron chi connectivity index (χ1n) is 6.03. The summed E-state index contributed by atoms with van der Waals surface area (Å²) in [4.78, 5) is 13.4. The number of aromatic carboxylic acids is 1. The summed E-state index contributed by atoms with van der Waals surface area (Å²) in [6.07, 6.45) is 1.89. The molecule has 0 saturated carbocycles. The van der Waals surface area contributed by atoms with E-state index < -0.39 is 5.97 Å². The molecule has 4 nitrogen and oxygen atoms in total. The van der Waals surface area contributed by atoms with Gasteiger partial charge in [-0.1, -0.05) is 0 Å². The lowest BCUT2D eigenvalue weighted by Crippen LogP contribution is -2.40. The molecule has 106 valence electrons. The first-order valence-corrected chi connectivity index (χ1v) is 6.82. The van der Waals surface area contributed by atoms with E-state index >= 15 is 0 Å². The zero-order chi connectivity index (χ0) is 13.3. The molecule has 0 radical (unpaired) electrons. The van der Waals surface area contributed by atoms with Crippen molar-refractivity contribution in [3.05, 3.63) is 27.7 Å². The molecular formula is C13H18BrClN2O2. The maximum Gasteiger partial charge on any atom is 0.336 e. The third-order valence-electron chi connectivity index (χ3n) is 3.31. The van der Waals surface area contributed by atoms with Gasteiger partial charge in [-0.05, 0) is 53.4 Å². The third-order valence-corrected chi connectivity index (χ3v) is 4.14. The second-order valence-corrected chi connectivity index (χ2v) is 5.57. The van der Waals surface area contributed by atoms with Crippen molar-refractivity contribution >= 4 is 40.0 Å². The van der Waals surface area contributed by atoms with Crippen molar-refractivity contribution < 1.29 is 9.90 Å². The molecule has 3 N–H and O–H groups in total. The van der Waals surface area contributed by atoms with Crippen molar-refractivity contribution in [2.75, 3.05) is 18.0 Å². The number of aryl methyl sites for hydroxylation is 1. The number of nitrogens with zero attached hydrogens (tertiary/aromatic N) is 1. The molecule has 1 aromatic rings. The Morgan fingerprint density at radius 1 is 1.42 bits per heavy atom. The van der Waals surface area contributed by atoms with Crippen LogP contribution in [0.4, 0.5) is 5.69 Å². The molecule has 1 aliphatic rings. The van der Waals surface area contributed by atoms with Crippen LogP contribution in [-0.4, -0.2) is 30.2 Å². The van der Waals surface area contributed by atoms with Gasteiger partial charge in [0.05, 0.1) is 15.7 Å². The molecule has 19 heavy (non-hydrogen) atoms. The highest BCUT2D eigenvalue weighted by Gasteiger charge is 2.21. The largest absolute Gasteiger partial charge is 0.478 e. The van der Waals surface area contributed by atoms with E-state index in [1.807, 2.05) is 13.0 Å². The van der Waals surface area contributed by atoms with Gasteiger partial charge in [-0.25, -0.2) is 4.79 Å². The molecule has 6 heteroatoms. The molecule has 0 spiro atoms. The Morgan fingerprint density at radius 3 is 2.53 bits per heavy atom. The van der Waals surface area contributed by atoms with Crippen molar-refractivity contribution in [3.8, 4) is 0 Å². The molecule has 2 rings (SSSR count). The Balaban J connectivity index is 0.00000180. The van der Waals surface area contributed by atoms with E-state index in [-0.39, 0.29) is 18.4 Å². The van der Waals surface area contributed by atoms with Crippen molar-refractivity contribution in [3.63, 3.8) is 0 Å². The summed E-state index contributed by atoms with van der Waals surface area (Å²) < 4.78 is 0.663. The molecule has 1 aliphatic heterocycles. The summed E-state index contributed by atoms with van der Waals surface area (Å²) >= 11 is 3.41. The lowest BCUT2D eigenvalue weighted by molar-refractivity contribution is 0.0696. The summed E-state index contributed by atoms with van der Waals surface area (Å²) in [6, 6.07) is 3.97. The van der Waals surface area contributed by atoms with Gasteiger partial charge < -0.3 is 15.7 Å². The highest BCUT2D eigenvalue weighted by atomic mass is 79.9. The monoisotopic (exact) mass is 348 g/mol. The number of piperidine rings is 1. The van der Waals surface area contributed by atoms with Crippen LogP contribution in [0.15, 0.2) is 16.6 Å². The van der Waals surface area contributed by atoms with Gasteiger partial charge in [0.2, 0.25) is 0 Å². The van der Waals surface area contributed by atoms with E-state index in [4.69, 9.17) is 5.73 Å². The molecule has 0 aromatic heterocycles. The summed E-state index contributed by atoms with van der Waals surface area (Å²) in [6.45, 7) is 3.67. The topological polar surface area (TPSA) is 66.6 Å². The third kappa shape index (κ3) is 3.61. The van der Waals surface area contributed by atoms with E-state index in [2.05, 4.69) is 20.8 Å². The summed E-state index contributed by atoms with van der Waals surface area (Å²) in [5.74, 6) is -0.902. The van der Waals surface area contributed by atoms with Crippen molar-refractivity contribution in [2.24, 2.45) is 5.73 Å². The number of carboxylic acids is 1. The number of halogens is 2. The van der Waals surface area contributed by atoms with Gasteiger partial charge in [-0.3, -0.25) is 0 Å².